The van der Waals surface area contributed by atoms with Gasteiger partial charge in [-0.15, -0.1) is 0 Å². The van der Waals surface area contributed by atoms with Crippen LogP contribution in [-0.2, 0) is 18.4 Å². The maximum absolute atomic E-state index is 13.0. The van der Waals surface area contributed by atoms with Crippen molar-refractivity contribution in [1.82, 2.24) is 5.32 Å². The summed E-state index contributed by atoms with van der Waals surface area (Å²) in [5.41, 5.74) is 0. The number of aliphatic hydroxyl groups excluding tert-OH is 1. The average molecular weight is 1120 g/mol. The number of rotatable bonds is 64. The fourth-order valence-corrected chi connectivity index (χ4v) is 11.2. The van der Waals surface area contributed by atoms with Gasteiger partial charge in [-0.2, -0.15) is 0 Å². The van der Waals surface area contributed by atoms with E-state index in [0.717, 1.165) is 44.9 Å². The summed E-state index contributed by atoms with van der Waals surface area (Å²) in [6.07, 6.45) is 80.2. The summed E-state index contributed by atoms with van der Waals surface area (Å²) in [5, 5.41) is 14.0. The Hall–Kier alpha value is -1.28. The van der Waals surface area contributed by atoms with Crippen LogP contribution in [0.25, 0.3) is 0 Å². The van der Waals surface area contributed by atoms with Crippen molar-refractivity contribution < 1.29 is 32.9 Å². The summed E-state index contributed by atoms with van der Waals surface area (Å²) in [6, 6.07) is -0.869. The van der Waals surface area contributed by atoms with E-state index >= 15 is 0 Å². The van der Waals surface area contributed by atoms with Gasteiger partial charge in [0.25, 0.3) is 0 Å². The summed E-state index contributed by atoms with van der Waals surface area (Å²) in [4.78, 5) is 23.4. The molecule has 0 aromatic carbocycles. The van der Waals surface area contributed by atoms with Gasteiger partial charge in [0.1, 0.15) is 13.2 Å². The number of quaternary nitrogens is 1. The predicted molar refractivity (Wildman–Crippen MR) is 341 cm³/mol. The molecule has 3 N–H and O–H groups in total. The Balaban J connectivity index is 4.06. The quantitative estimate of drug-likeness (QED) is 0.0243. The fourth-order valence-electron chi connectivity index (χ4n) is 10.5. The first-order valence-corrected chi connectivity index (χ1v) is 35.9. The Morgan fingerprint density at radius 2 is 0.705 bits per heavy atom. The minimum atomic E-state index is -4.36. The lowest BCUT2D eigenvalue weighted by atomic mass is 10.0. The highest BCUT2D eigenvalue weighted by molar-refractivity contribution is 7.47. The number of hydrogen-bond acceptors (Lipinski definition) is 5. The molecule has 0 rings (SSSR count). The molecule has 0 aliphatic heterocycles. The van der Waals surface area contributed by atoms with E-state index in [1.807, 2.05) is 27.2 Å². The molecule has 0 aromatic rings. The van der Waals surface area contributed by atoms with E-state index in [1.54, 1.807) is 6.08 Å². The van der Waals surface area contributed by atoms with Crippen molar-refractivity contribution >= 4 is 13.7 Å². The van der Waals surface area contributed by atoms with Gasteiger partial charge in [0.2, 0.25) is 5.91 Å². The molecule has 0 saturated carbocycles. The van der Waals surface area contributed by atoms with Gasteiger partial charge < -0.3 is 19.8 Å². The van der Waals surface area contributed by atoms with Gasteiger partial charge in [0.15, 0.2) is 0 Å². The van der Waals surface area contributed by atoms with Crippen molar-refractivity contribution in [3.05, 3.63) is 36.5 Å². The van der Waals surface area contributed by atoms with E-state index in [9.17, 15) is 19.4 Å². The van der Waals surface area contributed by atoms with Crippen LogP contribution in [0.1, 0.15) is 348 Å². The van der Waals surface area contributed by atoms with Crippen molar-refractivity contribution in [3.63, 3.8) is 0 Å². The number of nitrogens with zero attached hydrogens (tertiary/aromatic N) is 1. The second-order valence-electron chi connectivity index (χ2n) is 24.9. The van der Waals surface area contributed by atoms with E-state index in [4.69, 9.17) is 9.05 Å². The van der Waals surface area contributed by atoms with Gasteiger partial charge in [-0.25, -0.2) is 4.57 Å². The molecule has 8 nitrogen and oxygen atoms in total. The topological polar surface area (TPSA) is 105 Å². The van der Waals surface area contributed by atoms with E-state index in [0.29, 0.717) is 17.4 Å². The number of likely N-dealkylation sites (N-methyl/N-ethyl adjacent to an activating group) is 1. The number of allylic oxidation sites excluding steroid dienone is 5. The molecule has 0 saturated heterocycles. The molecule has 9 heteroatoms. The van der Waals surface area contributed by atoms with Crippen LogP contribution >= 0.6 is 7.82 Å². The second-order valence-corrected chi connectivity index (χ2v) is 26.4. The van der Waals surface area contributed by atoms with Crippen molar-refractivity contribution in [3.8, 4) is 0 Å². The zero-order valence-corrected chi connectivity index (χ0v) is 53.8. The van der Waals surface area contributed by atoms with E-state index in [-0.39, 0.29) is 19.1 Å². The molecule has 0 radical (unpaired) electrons. The minimum absolute atomic E-state index is 0.0554. The molecule has 0 bridgehead atoms. The predicted octanol–water partition coefficient (Wildman–Crippen LogP) is 21.7. The third-order valence-electron chi connectivity index (χ3n) is 15.8. The zero-order chi connectivity index (χ0) is 57.0. The molecule has 0 heterocycles. The van der Waals surface area contributed by atoms with Crippen LogP contribution in [0.5, 0.6) is 0 Å². The highest BCUT2D eigenvalue weighted by Crippen LogP contribution is 2.43. The van der Waals surface area contributed by atoms with Gasteiger partial charge >= 0.3 is 7.82 Å². The fraction of sp³-hybridized carbons (Fsp3) is 0.899. The average Bonchev–Trinajstić information content (AvgIpc) is 3.41. The first-order chi connectivity index (χ1) is 38.0. The highest BCUT2D eigenvalue weighted by Gasteiger charge is 2.28. The first kappa shape index (κ1) is 76.7. The van der Waals surface area contributed by atoms with Crippen LogP contribution in [0.4, 0.5) is 0 Å². The molecule has 1 amide bonds. The summed E-state index contributed by atoms with van der Waals surface area (Å²) in [6.45, 7) is 4.84. The van der Waals surface area contributed by atoms with Gasteiger partial charge in [0.05, 0.1) is 39.9 Å². The lowest BCUT2D eigenvalue weighted by Gasteiger charge is -2.25. The molecule has 3 atom stereocenters. The molecule has 0 fully saturated rings. The van der Waals surface area contributed by atoms with E-state index < -0.39 is 20.0 Å². The third-order valence-corrected chi connectivity index (χ3v) is 16.8. The Morgan fingerprint density at radius 3 is 1.03 bits per heavy atom. The van der Waals surface area contributed by atoms with Crippen molar-refractivity contribution in [2.24, 2.45) is 0 Å². The van der Waals surface area contributed by atoms with Gasteiger partial charge in [0, 0.05) is 6.42 Å². The molecule has 0 aromatic heterocycles. The Kier molecular flexibility index (Phi) is 59.3. The monoisotopic (exact) mass is 1120 g/mol. The van der Waals surface area contributed by atoms with Crippen LogP contribution in [0.15, 0.2) is 36.5 Å². The first-order valence-electron chi connectivity index (χ1n) is 34.4. The molecule has 0 aliphatic carbocycles. The molecule has 0 spiro atoms. The Labute approximate surface area is 487 Å². The molecule has 0 aliphatic rings. The maximum Gasteiger partial charge on any atom is 0.472 e. The summed E-state index contributed by atoms with van der Waals surface area (Å²) in [5.74, 6) is -0.183. The maximum atomic E-state index is 13.0. The standard InChI is InChI=1S/C69H135N2O6P/c1-6-8-10-12-14-16-18-20-22-24-26-28-30-31-32-33-34-35-36-37-38-39-41-43-45-47-49-51-53-55-57-59-61-63-69(73)70-67(66-77-78(74,75)76-65-64-71(3,4)5)68(72)62-60-58-56-54-52-50-48-46-44-42-40-29-27-25-23-21-19-17-15-13-11-9-7-2/h44,46,52,54,60,62,67-68,72H,6-43,45,47-51,53,55-59,61,63-66H2,1-5H3,(H-,70,73,74,75)/p+1/b46-44+,54-52+,62-60+. The SMILES string of the molecule is CCCCCCCCCCCCCCC/C=C/CC/C=C/CC/C=C/C(O)C(COP(=O)(O)OCC[N+](C)(C)C)NC(=O)CCCCCCCCCCCCCCCCCCCCCCCCCCCCCCCCCCC. The van der Waals surface area contributed by atoms with Crippen molar-refractivity contribution in [2.45, 2.75) is 360 Å². The van der Waals surface area contributed by atoms with E-state index in [2.05, 4.69) is 43.5 Å². The number of amides is 1. The molecule has 462 valence electrons. The normalized spacial score (nSPS) is 13.9. The number of phosphoric acid groups is 1. The third kappa shape index (κ3) is 62.3. The summed E-state index contributed by atoms with van der Waals surface area (Å²) < 4.78 is 23.8. The molecule has 78 heavy (non-hydrogen) atoms. The van der Waals surface area contributed by atoms with Crippen LogP contribution in [-0.4, -0.2) is 73.4 Å². The largest absolute Gasteiger partial charge is 0.472 e. The van der Waals surface area contributed by atoms with Crippen LogP contribution in [0.2, 0.25) is 0 Å². The van der Waals surface area contributed by atoms with Gasteiger partial charge in [-0.1, -0.05) is 333 Å². The van der Waals surface area contributed by atoms with Gasteiger partial charge in [-0.3, -0.25) is 13.8 Å². The van der Waals surface area contributed by atoms with Crippen molar-refractivity contribution in [1.29, 1.82) is 0 Å². The second kappa shape index (κ2) is 60.3. The zero-order valence-electron chi connectivity index (χ0n) is 52.9. The number of aliphatic hydroxyl groups is 1. The van der Waals surface area contributed by atoms with Gasteiger partial charge in [-0.05, 0) is 44.9 Å². The minimum Gasteiger partial charge on any atom is -0.387 e. The highest BCUT2D eigenvalue weighted by atomic mass is 31.2. The van der Waals surface area contributed by atoms with Crippen molar-refractivity contribution in [2.75, 3.05) is 40.9 Å². The summed E-state index contributed by atoms with van der Waals surface area (Å²) >= 11 is 0. The number of hydrogen-bond donors (Lipinski definition) is 3. The lowest BCUT2D eigenvalue weighted by Crippen LogP contribution is -2.45. The number of unbranched alkanes of at least 4 members (excludes halogenated alkanes) is 47. The molecular formula is C69H136N2O6P+. The van der Waals surface area contributed by atoms with Crippen LogP contribution in [0, 0.1) is 0 Å². The molecule has 3 unspecified atom stereocenters. The summed E-state index contributed by atoms with van der Waals surface area (Å²) in [7, 11) is 1.56. The Morgan fingerprint density at radius 1 is 0.423 bits per heavy atom. The number of carbonyl (C=O) groups excluding carboxylic acids is 1. The molecular weight excluding hydrogens is 984 g/mol. The number of nitrogens with one attached hydrogen (secondary N) is 1. The Bertz CT molecular complexity index is 1360. The van der Waals surface area contributed by atoms with Crippen LogP contribution < -0.4 is 5.32 Å². The lowest BCUT2D eigenvalue weighted by molar-refractivity contribution is -0.870. The number of carbonyl (C=O) groups is 1. The van der Waals surface area contributed by atoms with Crippen LogP contribution in [0.3, 0.4) is 0 Å². The number of phosphoric ester groups is 1. The smallest absolute Gasteiger partial charge is 0.387 e. The van der Waals surface area contributed by atoms with E-state index in [1.165, 1.54) is 283 Å².